The zero-order valence-electron chi connectivity index (χ0n) is 15.0. The van der Waals surface area contributed by atoms with Gasteiger partial charge in [-0.3, -0.25) is 0 Å². The molecule has 0 aliphatic carbocycles. The molecular weight excluding hydrogens is 352 g/mol. The van der Waals surface area contributed by atoms with Gasteiger partial charge < -0.3 is 10.0 Å². The first kappa shape index (κ1) is 19.9. The van der Waals surface area contributed by atoms with Gasteiger partial charge in [-0.05, 0) is 61.2 Å². The van der Waals surface area contributed by atoms with E-state index in [1.54, 1.807) is 48.5 Å². The van der Waals surface area contributed by atoms with Crippen molar-refractivity contribution in [2.24, 2.45) is 0 Å². The monoisotopic (exact) mass is 376 g/mol. The lowest BCUT2D eigenvalue weighted by atomic mass is 10.1. The Hall–Kier alpha value is -2.38. The molecule has 2 aromatic carbocycles. The van der Waals surface area contributed by atoms with Gasteiger partial charge in [-0.1, -0.05) is 12.1 Å². The average Bonchev–Trinajstić information content (AvgIpc) is 2.62. The average molecular weight is 376 g/mol. The number of nitrogens with one attached hydrogen (secondary N) is 1. The lowest BCUT2D eigenvalue weighted by Crippen LogP contribution is -2.25. The second-order valence-corrected chi connectivity index (χ2v) is 8.01. The molecule has 0 atom stereocenters. The Morgan fingerprint density at radius 1 is 1.00 bits per heavy atom. The molecule has 2 rings (SSSR count). The molecule has 140 valence electrons. The third-order valence-corrected chi connectivity index (χ3v) is 5.53. The van der Waals surface area contributed by atoms with Gasteiger partial charge >= 0.3 is 5.97 Å². The molecule has 6 nitrogen and oxygen atoms in total. The van der Waals surface area contributed by atoms with E-state index in [9.17, 15) is 13.2 Å². The Kier molecular flexibility index (Phi) is 6.76. The van der Waals surface area contributed by atoms with Crippen LogP contribution in [0.4, 0.5) is 5.69 Å². The summed E-state index contributed by atoms with van der Waals surface area (Å²) in [6.45, 7) is 0.366. The molecule has 0 fully saturated rings. The highest BCUT2D eigenvalue weighted by Crippen LogP contribution is 2.16. The number of hydrogen-bond donors (Lipinski definition) is 2. The predicted molar refractivity (Wildman–Crippen MR) is 102 cm³/mol. The molecule has 2 aromatic rings. The number of unbranched alkanes of at least 4 members (excludes halogenated alkanes) is 1. The van der Waals surface area contributed by atoms with Crippen molar-refractivity contribution in [3.05, 3.63) is 59.7 Å². The van der Waals surface area contributed by atoms with E-state index < -0.39 is 16.0 Å². The molecule has 0 aromatic heterocycles. The Labute approximate surface area is 154 Å². The summed E-state index contributed by atoms with van der Waals surface area (Å²) in [6, 6.07) is 13.5. The van der Waals surface area contributed by atoms with E-state index in [-0.39, 0.29) is 10.5 Å². The summed E-state index contributed by atoms with van der Waals surface area (Å²) in [6.07, 6.45) is 2.29. The van der Waals surface area contributed by atoms with Gasteiger partial charge in [0.15, 0.2) is 0 Å². The topological polar surface area (TPSA) is 86.7 Å². The molecule has 26 heavy (non-hydrogen) atoms. The summed E-state index contributed by atoms with van der Waals surface area (Å²) in [5.41, 5.74) is 2.25. The highest BCUT2D eigenvalue weighted by molar-refractivity contribution is 7.89. The van der Waals surface area contributed by atoms with Gasteiger partial charge in [0.1, 0.15) is 0 Å². The van der Waals surface area contributed by atoms with Crippen molar-refractivity contribution in [2.75, 3.05) is 25.5 Å². The Morgan fingerprint density at radius 3 is 2.15 bits per heavy atom. The third kappa shape index (κ3) is 5.57. The Morgan fingerprint density at radius 2 is 1.62 bits per heavy atom. The molecule has 0 radical (unpaired) electrons. The van der Waals surface area contributed by atoms with Crippen LogP contribution in [0.2, 0.25) is 0 Å². The minimum absolute atomic E-state index is 0.257. The van der Waals surface area contributed by atoms with Crippen molar-refractivity contribution < 1.29 is 18.3 Å². The fourth-order valence-corrected chi connectivity index (χ4v) is 3.56. The molecule has 2 N–H and O–H groups in total. The highest BCUT2D eigenvalue weighted by Gasteiger charge is 2.13. The minimum atomic E-state index is -3.50. The van der Waals surface area contributed by atoms with Gasteiger partial charge in [0, 0.05) is 26.3 Å². The molecule has 0 spiro atoms. The number of rotatable bonds is 9. The van der Waals surface area contributed by atoms with E-state index in [2.05, 4.69) is 4.72 Å². The molecule has 0 saturated heterocycles. The van der Waals surface area contributed by atoms with Crippen LogP contribution in [0, 0.1) is 0 Å². The maximum absolute atomic E-state index is 12.3. The summed E-state index contributed by atoms with van der Waals surface area (Å²) in [5.74, 6) is -0.940. The van der Waals surface area contributed by atoms with E-state index in [1.807, 2.05) is 19.0 Å². The molecule has 0 heterocycles. The van der Waals surface area contributed by atoms with E-state index >= 15 is 0 Å². The summed E-state index contributed by atoms with van der Waals surface area (Å²) >= 11 is 0. The van der Waals surface area contributed by atoms with Crippen LogP contribution < -0.4 is 9.62 Å². The van der Waals surface area contributed by atoms with Gasteiger partial charge in [-0.25, -0.2) is 17.9 Å². The predicted octanol–water partition coefficient (Wildman–Crippen LogP) is 2.75. The second-order valence-electron chi connectivity index (χ2n) is 6.25. The standard InChI is InChI=1S/C19H24N2O4S/c1-21(2)17-10-12-18(13-11-17)26(24,25)20-14-4-3-5-15-6-8-16(9-7-15)19(22)23/h6-13,20H,3-5,14H2,1-2H3,(H,22,23). The maximum atomic E-state index is 12.3. The van der Waals surface area contributed by atoms with Gasteiger partial charge in [0.2, 0.25) is 10.0 Å². The van der Waals surface area contributed by atoms with Gasteiger partial charge in [0.25, 0.3) is 0 Å². The van der Waals surface area contributed by atoms with Crippen LogP contribution >= 0.6 is 0 Å². The summed E-state index contributed by atoms with van der Waals surface area (Å²) in [7, 11) is 0.303. The fourth-order valence-electron chi connectivity index (χ4n) is 2.48. The van der Waals surface area contributed by atoms with Crippen molar-refractivity contribution in [3.63, 3.8) is 0 Å². The smallest absolute Gasteiger partial charge is 0.335 e. The number of carboxylic acids is 1. The molecular formula is C19H24N2O4S. The maximum Gasteiger partial charge on any atom is 0.335 e. The summed E-state index contributed by atoms with van der Waals surface area (Å²) in [5, 5.41) is 8.87. The highest BCUT2D eigenvalue weighted by atomic mass is 32.2. The summed E-state index contributed by atoms with van der Waals surface area (Å²) < 4.78 is 27.2. The Balaban J connectivity index is 1.78. The van der Waals surface area contributed by atoms with Gasteiger partial charge in [-0.15, -0.1) is 0 Å². The van der Waals surface area contributed by atoms with Crippen LogP contribution in [0.25, 0.3) is 0 Å². The first-order valence-corrected chi connectivity index (χ1v) is 9.87. The zero-order chi connectivity index (χ0) is 19.2. The van der Waals surface area contributed by atoms with E-state index in [0.29, 0.717) is 13.0 Å². The van der Waals surface area contributed by atoms with E-state index in [0.717, 1.165) is 24.1 Å². The van der Waals surface area contributed by atoms with Crippen LogP contribution in [-0.2, 0) is 16.4 Å². The quantitative estimate of drug-likeness (QED) is 0.657. The molecule has 0 aliphatic heterocycles. The molecule has 0 saturated carbocycles. The van der Waals surface area contributed by atoms with Crippen LogP contribution in [0.1, 0.15) is 28.8 Å². The van der Waals surface area contributed by atoms with Crippen LogP contribution in [0.5, 0.6) is 0 Å². The van der Waals surface area contributed by atoms with Crippen molar-refractivity contribution in [1.29, 1.82) is 0 Å². The number of nitrogens with zero attached hydrogens (tertiary/aromatic N) is 1. The van der Waals surface area contributed by atoms with Crippen LogP contribution in [0.3, 0.4) is 0 Å². The number of hydrogen-bond acceptors (Lipinski definition) is 4. The van der Waals surface area contributed by atoms with E-state index in [1.165, 1.54) is 0 Å². The van der Waals surface area contributed by atoms with Crippen LogP contribution in [0.15, 0.2) is 53.4 Å². The first-order chi connectivity index (χ1) is 12.3. The van der Waals surface area contributed by atoms with Crippen molar-refractivity contribution >= 4 is 21.7 Å². The van der Waals surface area contributed by atoms with E-state index in [4.69, 9.17) is 5.11 Å². The molecule has 0 aliphatic rings. The third-order valence-electron chi connectivity index (χ3n) is 4.05. The number of carboxylic acid groups (broad SMARTS) is 1. The minimum Gasteiger partial charge on any atom is -0.478 e. The number of anilines is 1. The number of aryl methyl sites for hydroxylation is 1. The van der Waals surface area contributed by atoms with Gasteiger partial charge in [0.05, 0.1) is 10.5 Å². The number of carbonyl (C=O) groups is 1. The van der Waals surface area contributed by atoms with Crippen molar-refractivity contribution in [2.45, 2.75) is 24.2 Å². The zero-order valence-corrected chi connectivity index (χ0v) is 15.8. The second kappa shape index (κ2) is 8.82. The first-order valence-electron chi connectivity index (χ1n) is 8.39. The van der Waals surface area contributed by atoms with Crippen molar-refractivity contribution in [3.8, 4) is 0 Å². The molecule has 7 heteroatoms. The molecule has 0 amide bonds. The van der Waals surface area contributed by atoms with Crippen LogP contribution in [-0.4, -0.2) is 40.1 Å². The SMILES string of the molecule is CN(C)c1ccc(S(=O)(=O)NCCCCc2ccc(C(=O)O)cc2)cc1. The largest absolute Gasteiger partial charge is 0.478 e. The number of aromatic carboxylic acids is 1. The lowest BCUT2D eigenvalue weighted by Gasteiger charge is -2.13. The van der Waals surface area contributed by atoms with Crippen molar-refractivity contribution in [1.82, 2.24) is 4.72 Å². The fraction of sp³-hybridized carbons (Fsp3) is 0.316. The Bertz CT molecular complexity index is 829. The summed E-state index contributed by atoms with van der Waals surface area (Å²) in [4.78, 5) is 13.0. The number of sulfonamides is 1. The molecule has 0 unspecified atom stereocenters. The number of benzene rings is 2. The molecule has 0 bridgehead atoms. The normalized spacial score (nSPS) is 11.3. The lowest BCUT2D eigenvalue weighted by molar-refractivity contribution is 0.0697. The van der Waals surface area contributed by atoms with Gasteiger partial charge in [-0.2, -0.15) is 0 Å².